The molecule has 0 aliphatic heterocycles. The Labute approximate surface area is 116 Å². The summed E-state index contributed by atoms with van der Waals surface area (Å²) in [5, 5.41) is 6.42. The quantitative estimate of drug-likeness (QED) is 0.787. The maximum atomic E-state index is 4.40. The van der Waals surface area contributed by atoms with E-state index in [-0.39, 0.29) is 0 Å². The van der Waals surface area contributed by atoms with Crippen LogP contribution in [0.15, 0.2) is 0 Å². The molecule has 0 aliphatic rings. The molecule has 19 heavy (non-hydrogen) atoms. The van der Waals surface area contributed by atoms with Gasteiger partial charge in [0.25, 0.3) is 0 Å². The molecule has 0 saturated heterocycles. The topological polar surface area (TPSA) is 66.0 Å². The first-order valence-corrected chi connectivity index (χ1v) is 6.85. The number of nitrogens with one attached hydrogen (secondary N) is 2. The minimum Gasteiger partial charge on any atom is -0.354 e. The highest BCUT2D eigenvalue weighted by Gasteiger charge is 2.10. The van der Waals surface area contributed by atoms with E-state index in [1.54, 1.807) is 0 Å². The van der Waals surface area contributed by atoms with Gasteiger partial charge in [-0.15, -0.1) is 0 Å². The van der Waals surface area contributed by atoms with Gasteiger partial charge in [-0.25, -0.2) is 0 Å². The van der Waals surface area contributed by atoms with Gasteiger partial charge in [0.2, 0.25) is 17.8 Å². The van der Waals surface area contributed by atoms with E-state index in [1.807, 2.05) is 25.9 Å². The molecule has 0 aromatic carbocycles. The van der Waals surface area contributed by atoms with E-state index in [4.69, 9.17) is 0 Å². The van der Waals surface area contributed by atoms with Crippen molar-refractivity contribution >= 4 is 17.8 Å². The lowest BCUT2D eigenvalue weighted by Crippen LogP contribution is -2.20. The minimum atomic E-state index is 0.571. The summed E-state index contributed by atoms with van der Waals surface area (Å²) in [5.41, 5.74) is 0. The van der Waals surface area contributed by atoms with Gasteiger partial charge < -0.3 is 15.5 Å². The van der Waals surface area contributed by atoms with Crippen LogP contribution in [0.2, 0.25) is 0 Å². The van der Waals surface area contributed by atoms with Crippen LogP contribution < -0.4 is 15.5 Å². The van der Waals surface area contributed by atoms with Gasteiger partial charge in [0.15, 0.2) is 0 Å². The van der Waals surface area contributed by atoms with Crippen molar-refractivity contribution in [3.8, 4) is 0 Å². The standard InChI is InChI=1S/C13H26N6/c1-7-14-11-16-12(15-8-10(4)9(2)3)18-13(17-11)19(5)6/h9-10H,7-8H2,1-6H3,(H2,14,15,16,17,18). The van der Waals surface area contributed by atoms with E-state index in [0.717, 1.165) is 13.1 Å². The molecule has 1 unspecified atom stereocenters. The Hall–Kier alpha value is -1.59. The van der Waals surface area contributed by atoms with E-state index >= 15 is 0 Å². The molecule has 108 valence electrons. The molecule has 0 amide bonds. The molecule has 0 bridgehead atoms. The van der Waals surface area contributed by atoms with Crippen LogP contribution in [0.5, 0.6) is 0 Å². The van der Waals surface area contributed by atoms with Gasteiger partial charge in [0, 0.05) is 27.2 Å². The normalized spacial score (nSPS) is 12.4. The Morgan fingerprint density at radius 1 is 1.00 bits per heavy atom. The predicted octanol–water partition coefficient (Wildman–Crippen LogP) is 2.07. The van der Waals surface area contributed by atoms with E-state index in [2.05, 4.69) is 46.4 Å². The Kier molecular flexibility index (Phi) is 5.79. The first kappa shape index (κ1) is 15.5. The summed E-state index contributed by atoms with van der Waals surface area (Å²) in [7, 11) is 3.84. The second-order valence-corrected chi connectivity index (χ2v) is 5.31. The van der Waals surface area contributed by atoms with Gasteiger partial charge in [-0.05, 0) is 18.8 Å². The third-order valence-corrected chi connectivity index (χ3v) is 3.08. The number of anilines is 3. The Bertz CT molecular complexity index is 391. The maximum Gasteiger partial charge on any atom is 0.231 e. The van der Waals surface area contributed by atoms with E-state index < -0.39 is 0 Å². The molecule has 0 spiro atoms. The van der Waals surface area contributed by atoms with Crippen molar-refractivity contribution in [1.29, 1.82) is 0 Å². The molecular weight excluding hydrogens is 240 g/mol. The molecule has 2 N–H and O–H groups in total. The highest BCUT2D eigenvalue weighted by Crippen LogP contribution is 2.14. The smallest absolute Gasteiger partial charge is 0.231 e. The van der Waals surface area contributed by atoms with Crippen LogP contribution in [0.25, 0.3) is 0 Å². The SMILES string of the molecule is CCNc1nc(NCC(C)C(C)C)nc(N(C)C)n1. The number of aromatic nitrogens is 3. The largest absolute Gasteiger partial charge is 0.354 e. The lowest BCUT2D eigenvalue weighted by Gasteiger charge is -2.17. The van der Waals surface area contributed by atoms with Gasteiger partial charge in [-0.1, -0.05) is 20.8 Å². The second-order valence-electron chi connectivity index (χ2n) is 5.31. The maximum absolute atomic E-state index is 4.40. The van der Waals surface area contributed by atoms with Gasteiger partial charge >= 0.3 is 0 Å². The zero-order valence-corrected chi connectivity index (χ0v) is 12.9. The zero-order valence-electron chi connectivity index (χ0n) is 12.9. The fourth-order valence-corrected chi connectivity index (χ4v) is 1.37. The van der Waals surface area contributed by atoms with Gasteiger partial charge in [0.1, 0.15) is 0 Å². The molecule has 1 rings (SSSR count). The van der Waals surface area contributed by atoms with E-state index in [9.17, 15) is 0 Å². The number of hydrogen-bond acceptors (Lipinski definition) is 6. The number of rotatable bonds is 7. The third-order valence-electron chi connectivity index (χ3n) is 3.08. The van der Waals surface area contributed by atoms with Crippen molar-refractivity contribution in [2.45, 2.75) is 27.7 Å². The Morgan fingerprint density at radius 3 is 2.05 bits per heavy atom. The highest BCUT2D eigenvalue weighted by molar-refractivity contribution is 5.42. The van der Waals surface area contributed by atoms with Crippen molar-refractivity contribution in [3.05, 3.63) is 0 Å². The summed E-state index contributed by atoms with van der Waals surface area (Å²) < 4.78 is 0. The second kappa shape index (κ2) is 7.11. The summed E-state index contributed by atoms with van der Waals surface area (Å²) >= 11 is 0. The van der Waals surface area contributed by atoms with Crippen LogP contribution in [0.3, 0.4) is 0 Å². The summed E-state index contributed by atoms with van der Waals surface area (Å²) in [4.78, 5) is 15.0. The lowest BCUT2D eigenvalue weighted by molar-refractivity contribution is 0.439. The van der Waals surface area contributed by atoms with E-state index in [0.29, 0.717) is 29.7 Å². The minimum absolute atomic E-state index is 0.571. The van der Waals surface area contributed by atoms with Crippen molar-refractivity contribution < 1.29 is 0 Å². The monoisotopic (exact) mass is 266 g/mol. The first-order valence-electron chi connectivity index (χ1n) is 6.85. The summed E-state index contributed by atoms with van der Waals surface area (Å²) in [5.74, 6) is 3.10. The number of hydrogen-bond donors (Lipinski definition) is 2. The predicted molar refractivity (Wildman–Crippen MR) is 80.8 cm³/mol. The molecule has 1 aromatic heterocycles. The summed E-state index contributed by atoms with van der Waals surface area (Å²) in [6, 6.07) is 0. The highest BCUT2D eigenvalue weighted by atomic mass is 15.3. The summed E-state index contributed by atoms with van der Waals surface area (Å²) in [6.45, 7) is 10.3. The molecule has 0 radical (unpaired) electrons. The zero-order chi connectivity index (χ0) is 14.4. The average Bonchev–Trinajstić information content (AvgIpc) is 2.35. The number of nitrogens with zero attached hydrogens (tertiary/aromatic N) is 4. The van der Waals surface area contributed by atoms with Crippen LogP contribution in [-0.4, -0.2) is 42.1 Å². The van der Waals surface area contributed by atoms with Gasteiger partial charge in [-0.3, -0.25) is 0 Å². The molecule has 1 heterocycles. The van der Waals surface area contributed by atoms with Gasteiger partial charge in [0.05, 0.1) is 0 Å². The van der Waals surface area contributed by atoms with Crippen LogP contribution in [0.1, 0.15) is 27.7 Å². The van der Waals surface area contributed by atoms with Crippen molar-refractivity contribution in [2.24, 2.45) is 11.8 Å². The van der Waals surface area contributed by atoms with Crippen molar-refractivity contribution in [1.82, 2.24) is 15.0 Å². The molecule has 6 nitrogen and oxygen atoms in total. The average molecular weight is 266 g/mol. The van der Waals surface area contributed by atoms with Crippen LogP contribution in [0.4, 0.5) is 17.8 Å². The molecule has 1 aromatic rings. The van der Waals surface area contributed by atoms with Gasteiger partial charge in [-0.2, -0.15) is 15.0 Å². The molecule has 0 aliphatic carbocycles. The summed E-state index contributed by atoms with van der Waals surface area (Å²) in [6.07, 6.45) is 0. The molecule has 1 atom stereocenters. The van der Waals surface area contributed by atoms with Crippen LogP contribution in [0, 0.1) is 11.8 Å². The fraction of sp³-hybridized carbons (Fsp3) is 0.769. The molecule has 6 heteroatoms. The van der Waals surface area contributed by atoms with Crippen LogP contribution >= 0.6 is 0 Å². The third kappa shape index (κ3) is 4.89. The molecular formula is C13H26N6. The fourth-order valence-electron chi connectivity index (χ4n) is 1.37. The van der Waals surface area contributed by atoms with Crippen LogP contribution in [-0.2, 0) is 0 Å². The van der Waals surface area contributed by atoms with Crippen molar-refractivity contribution in [2.75, 3.05) is 42.7 Å². The van der Waals surface area contributed by atoms with E-state index in [1.165, 1.54) is 0 Å². The molecule has 0 saturated carbocycles. The lowest BCUT2D eigenvalue weighted by atomic mass is 9.98. The Balaban J connectivity index is 2.81. The Morgan fingerprint density at radius 2 is 1.58 bits per heavy atom. The van der Waals surface area contributed by atoms with Crippen molar-refractivity contribution in [3.63, 3.8) is 0 Å². The molecule has 0 fully saturated rings. The first-order chi connectivity index (χ1) is 8.93.